The third kappa shape index (κ3) is 4.31. The van der Waals surface area contributed by atoms with Crippen LogP contribution in [0.4, 0.5) is 11.4 Å². The maximum Gasteiger partial charge on any atom is 0.282 e. The van der Waals surface area contributed by atoms with Crippen molar-refractivity contribution >= 4 is 27.4 Å². The summed E-state index contributed by atoms with van der Waals surface area (Å²) < 4.78 is 33.9. The number of pyridine rings is 1. The van der Waals surface area contributed by atoms with E-state index >= 15 is 0 Å². The summed E-state index contributed by atoms with van der Waals surface area (Å²) in [5.74, 6) is 0.912. The number of carbonyl (C=O) groups is 1. The second-order valence-corrected chi connectivity index (χ2v) is 11.0. The summed E-state index contributed by atoms with van der Waals surface area (Å²) in [7, 11) is -0.838. The van der Waals surface area contributed by atoms with Crippen molar-refractivity contribution in [2.45, 2.75) is 19.4 Å². The van der Waals surface area contributed by atoms with Crippen LogP contribution < -0.4 is 10.1 Å². The molecule has 3 aromatic rings. The third-order valence-corrected chi connectivity index (χ3v) is 7.90. The average Bonchev–Trinajstić information content (AvgIpc) is 3.59. The van der Waals surface area contributed by atoms with E-state index in [-0.39, 0.29) is 18.9 Å². The molecule has 0 saturated heterocycles. The summed E-state index contributed by atoms with van der Waals surface area (Å²) in [5.41, 5.74) is 3.86. The molecule has 0 spiro atoms. The highest BCUT2D eigenvalue weighted by Crippen LogP contribution is 2.42. The molecule has 10 heteroatoms. The van der Waals surface area contributed by atoms with Gasteiger partial charge in [-0.05, 0) is 37.0 Å². The summed E-state index contributed by atoms with van der Waals surface area (Å²) in [5, 5.41) is 3.38. The van der Waals surface area contributed by atoms with Crippen LogP contribution in [0.15, 0.2) is 48.8 Å². The van der Waals surface area contributed by atoms with Gasteiger partial charge in [-0.25, -0.2) is 0 Å². The fourth-order valence-electron chi connectivity index (χ4n) is 4.03. The van der Waals surface area contributed by atoms with Crippen molar-refractivity contribution in [3.63, 3.8) is 0 Å². The molecule has 178 valence electrons. The summed E-state index contributed by atoms with van der Waals surface area (Å²) in [6.45, 7) is 0.457. The number of Topliss-reactive ketones (excluding diaryl/α,β-unsaturated/α-hetero) is 1. The number of ether oxygens (including phenoxy) is 1. The van der Waals surface area contributed by atoms with Crippen molar-refractivity contribution in [2.75, 3.05) is 32.6 Å². The van der Waals surface area contributed by atoms with Crippen molar-refractivity contribution in [1.29, 1.82) is 0 Å². The van der Waals surface area contributed by atoms with Crippen molar-refractivity contribution in [1.82, 2.24) is 18.6 Å². The number of rotatable bonds is 8. The first kappa shape index (κ1) is 22.6. The quantitative estimate of drug-likeness (QED) is 0.511. The highest BCUT2D eigenvalue weighted by atomic mass is 32.2. The fraction of sp³-hybridized carbons (Fsp3) is 0.333. The maximum atomic E-state index is 13.3. The Morgan fingerprint density at radius 2 is 1.94 bits per heavy atom. The highest BCUT2D eigenvalue weighted by Gasteiger charge is 2.37. The Labute approximate surface area is 198 Å². The molecule has 0 atom stereocenters. The maximum absolute atomic E-state index is 13.3. The number of nitrogens with one attached hydrogen (secondary N) is 2. The summed E-state index contributed by atoms with van der Waals surface area (Å²) in [6.07, 6.45) is 5.68. The van der Waals surface area contributed by atoms with Gasteiger partial charge in [0, 0.05) is 37.2 Å². The molecule has 3 heterocycles. The number of ketones is 1. The molecule has 0 bridgehead atoms. The number of nitrogens with zero attached hydrogens (tertiary/aromatic N) is 3. The number of para-hydroxylation sites is 1. The van der Waals surface area contributed by atoms with Gasteiger partial charge in [-0.1, -0.05) is 18.2 Å². The van der Waals surface area contributed by atoms with E-state index in [1.54, 1.807) is 12.4 Å². The Balaban J connectivity index is 1.61. The van der Waals surface area contributed by atoms with Gasteiger partial charge in [0.1, 0.15) is 5.75 Å². The average molecular weight is 482 g/mol. The molecular weight excluding hydrogens is 454 g/mol. The zero-order valence-electron chi connectivity index (χ0n) is 19.1. The lowest BCUT2D eigenvalue weighted by atomic mass is 10.0. The van der Waals surface area contributed by atoms with Gasteiger partial charge in [-0.2, -0.15) is 17.0 Å². The molecule has 1 fully saturated rings. The first-order chi connectivity index (χ1) is 16.3. The van der Waals surface area contributed by atoms with E-state index in [0.29, 0.717) is 40.9 Å². The van der Waals surface area contributed by atoms with Crippen molar-refractivity contribution in [2.24, 2.45) is 5.92 Å². The summed E-state index contributed by atoms with van der Waals surface area (Å²) in [4.78, 5) is 20.9. The molecule has 2 aliphatic rings. The third-order valence-electron chi connectivity index (χ3n) is 6.07. The van der Waals surface area contributed by atoms with Crippen LogP contribution in [0.5, 0.6) is 5.75 Å². The van der Waals surface area contributed by atoms with Crippen LogP contribution in [0.2, 0.25) is 0 Å². The van der Waals surface area contributed by atoms with Gasteiger partial charge in [-0.15, -0.1) is 0 Å². The predicted octanol–water partition coefficient (Wildman–Crippen LogP) is 3.41. The van der Waals surface area contributed by atoms with Gasteiger partial charge in [0.25, 0.3) is 10.2 Å². The Kier molecular flexibility index (Phi) is 5.88. The molecule has 1 aliphatic heterocycles. The standard InChI is InChI=1S/C24H27N5O4S/c1-28(2)34(31,32)29-13-19-22(20(30)14-29)24(26-17-6-4-3-5-7-17)23(27-19)18-10-11-25-12-21(18)33-15-16-8-9-16/h3-7,10-12,16,26-27H,8-9,13-15H2,1-2H3. The Hall–Kier alpha value is -3.21. The molecule has 0 amide bonds. The van der Waals surface area contributed by atoms with Gasteiger partial charge < -0.3 is 15.0 Å². The number of carbonyl (C=O) groups excluding carboxylic acids is 1. The fourth-order valence-corrected chi connectivity index (χ4v) is 5.06. The Morgan fingerprint density at radius 1 is 1.18 bits per heavy atom. The predicted molar refractivity (Wildman–Crippen MR) is 129 cm³/mol. The minimum Gasteiger partial charge on any atom is -0.491 e. The number of benzene rings is 1. The van der Waals surface area contributed by atoms with E-state index in [1.165, 1.54) is 18.4 Å². The molecule has 2 N–H and O–H groups in total. The van der Waals surface area contributed by atoms with E-state index in [2.05, 4.69) is 15.3 Å². The molecule has 1 saturated carbocycles. The SMILES string of the molecule is CN(C)S(=O)(=O)N1CC(=O)c2c([nH]c(-c3ccncc3OCC3CC3)c2Nc2ccccc2)C1. The van der Waals surface area contributed by atoms with Gasteiger partial charge in [0.15, 0.2) is 5.78 Å². The highest BCUT2D eigenvalue weighted by molar-refractivity contribution is 7.86. The van der Waals surface area contributed by atoms with Crippen LogP contribution in [0, 0.1) is 5.92 Å². The number of H-pyrrole nitrogens is 1. The second-order valence-electron chi connectivity index (χ2n) is 8.83. The number of anilines is 2. The molecule has 0 unspecified atom stereocenters. The number of hydrogen-bond acceptors (Lipinski definition) is 6. The van der Waals surface area contributed by atoms with E-state index in [0.717, 1.165) is 28.4 Å². The largest absolute Gasteiger partial charge is 0.491 e. The van der Waals surface area contributed by atoms with E-state index in [9.17, 15) is 13.2 Å². The van der Waals surface area contributed by atoms with E-state index < -0.39 is 10.2 Å². The normalized spacial score (nSPS) is 16.5. The minimum absolute atomic E-state index is 0.0639. The number of aromatic nitrogens is 2. The van der Waals surface area contributed by atoms with Crippen LogP contribution >= 0.6 is 0 Å². The number of hydrogen-bond donors (Lipinski definition) is 2. The Bertz CT molecular complexity index is 1320. The zero-order valence-corrected chi connectivity index (χ0v) is 19.9. The first-order valence-electron chi connectivity index (χ1n) is 11.2. The second kappa shape index (κ2) is 8.86. The van der Waals surface area contributed by atoms with E-state index in [4.69, 9.17) is 4.74 Å². The number of fused-ring (bicyclic) bond motifs is 1. The van der Waals surface area contributed by atoms with Gasteiger partial charge in [0.2, 0.25) is 0 Å². The molecule has 9 nitrogen and oxygen atoms in total. The molecule has 1 aromatic carbocycles. The van der Waals surface area contributed by atoms with Gasteiger partial charge in [-0.3, -0.25) is 9.78 Å². The molecular formula is C24H27N5O4S. The van der Waals surface area contributed by atoms with Crippen LogP contribution in [0.1, 0.15) is 28.9 Å². The first-order valence-corrected chi connectivity index (χ1v) is 12.6. The minimum atomic E-state index is -3.75. The van der Waals surface area contributed by atoms with E-state index in [1.807, 2.05) is 36.4 Å². The lowest BCUT2D eigenvalue weighted by Gasteiger charge is -2.28. The summed E-state index contributed by atoms with van der Waals surface area (Å²) in [6, 6.07) is 11.4. The summed E-state index contributed by atoms with van der Waals surface area (Å²) >= 11 is 0. The number of aromatic amines is 1. The lowest BCUT2D eigenvalue weighted by molar-refractivity contribution is 0.0947. The smallest absolute Gasteiger partial charge is 0.282 e. The molecule has 34 heavy (non-hydrogen) atoms. The molecule has 2 aromatic heterocycles. The lowest BCUT2D eigenvalue weighted by Crippen LogP contribution is -2.44. The van der Waals surface area contributed by atoms with Crippen LogP contribution in [0.3, 0.4) is 0 Å². The molecule has 5 rings (SSSR count). The van der Waals surface area contributed by atoms with Gasteiger partial charge >= 0.3 is 0 Å². The van der Waals surface area contributed by atoms with Crippen LogP contribution in [0.25, 0.3) is 11.3 Å². The Morgan fingerprint density at radius 3 is 2.65 bits per heavy atom. The van der Waals surface area contributed by atoms with Crippen LogP contribution in [-0.2, 0) is 16.8 Å². The zero-order chi connectivity index (χ0) is 23.9. The molecule has 0 radical (unpaired) electrons. The van der Waals surface area contributed by atoms with Crippen LogP contribution in [-0.4, -0.2) is 60.0 Å². The van der Waals surface area contributed by atoms with Crippen molar-refractivity contribution in [3.8, 4) is 17.0 Å². The topological polar surface area (TPSA) is 108 Å². The van der Waals surface area contributed by atoms with Crippen molar-refractivity contribution in [3.05, 3.63) is 60.0 Å². The monoisotopic (exact) mass is 481 g/mol. The van der Waals surface area contributed by atoms with Gasteiger partial charge in [0.05, 0.1) is 42.8 Å². The van der Waals surface area contributed by atoms with Crippen molar-refractivity contribution < 1.29 is 17.9 Å². The molecule has 1 aliphatic carbocycles.